The van der Waals surface area contributed by atoms with Crippen molar-refractivity contribution in [3.8, 4) is 22.3 Å². The van der Waals surface area contributed by atoms with E-state index in [1.165, 1.54) is 18.2 Å². The van der Waals surface area contributed by atoms with Gasteiger partial charge in [-0.25, -0.2) is 0 Å². The Bertz CT molecular complexity index is 1880. The fourth-order valence-corrected chi connectivity index (χ4v) is 7.64. The molecule has 6 nitrogen and oxygen atoms in total. The van der Waals surface area contributed by atoms with Crippen molar-refractivity contribution >= 4 is 23.4 Å². The van der Waals surface area contributed by atoms with Crippen molar-refractivity contribution < 1.29 is 35.9 Å². The largest absolute Gasteiger partial charge is 0.756 e. The number of amides is 2. The summed E-state index contributed by atoms with van der Waals surface area (Å²) in [5.41, 5.74) is 1.32. The minimum absolute atomic E-state index is 0.157. The molecular weight excluding hydrogens is 708 g/mol. The number of unbranched alkanes of at least 4 members (excludes halogenated alkanes) is 1. The van der Waals surface area contributed by atoms with Gasteiger partial charge in [0.05, 0.1) is 11.0 Å². The van der Waals surface area contributed by atoms with Gasteiger partial charge in [0.15, 0.2) is 0 Å². The summed E-state index contributed by atoms with van der Waals surface area (Å²) in [6.45, 7) is 0.0607. The molecule has 52 heavy (non-hydrogen) atoms. The van der Waals surface area contributed by atoms with Gasteiger partial charge in [0.1, 0.15) is 6.54 Å². The number of likely N-dealkylation sites (tertiary alicyclic amines) is 1. The van der Waals surface area contributed by atoms with E-state index in [4.69, 9.17) is 11.6 Å². The van der Waals surface area contributed by atoms with Gasteiger partial charge in [-0.05, 0) is 89.9 Å². The summed E-state index contributed by atoms with van der Waals surface area (Å²) in [5, 5.41) is 15.7. The van der Waals surface area contributed by atoms with E-state index >= 15 is 0 Å². The summed E-state index contributed by atoms with van der Waals surface area (Å²) in [6, 6.07) is 23.2. The summed E-state index contributed by atoms with van der Waals surface area (Å²) in [6.07, 6.45) is -6.82. The van der Waals surface area contributed by atoms with Crippen LogP contribution in [-0.4, -0.2) is 60.2 Å². The molecule has 0 spiro atoms. The third-order valence-electron chi connectivity index (χ3n) is 9.93. The number of fused-ring (bicyclic) bond motifs is 3. The molecule has 1 aliphatic carbocycles. The molecule has 4 aromatic carbocycles. The van der Waals surface area contributed by atoms with E-state index in [-0.39, 0.29) is 23.9 Å². The van der Waals surface area contributed by atoms with Gasteiger partial charge in [-0.1, -0.05) is 84.8 Å². The van der Waals surface area contributed by atoms with Gasteiger partial charge in [0.2, 0.25) is 5.91 Å². The van der Waals surface area contributed by atoms with Crippen LogP contribution < -0.4 is 5.32 Å². The molecule has 0 atom stereocenters. The quantitative estimate of drug-likeness (QED) is 0.0999. The maximum absolute atomic E-state index is 13.8. The van der Waals surface area contributed by atoms with Crippen LogP contribution in [0.1, 0.15) is 59.2 Å². The number of carbonyl (C=O) groups is 2. The monoisotopic (exact) mass is 742 g/mol. The Morgan fingerprint density at radius 1 is 0.827 bits per heavy atom. The Hall–Kier alpha value is -4.39. The lowest BCUT2D eigenvalue weighted by Gasteiger charge is -2.40. The minimum Gasteiger partial charge on any atom is -0.756 e. The zero-order valence-electron chi connectivity index (χ0n) is 27.9. The fourth-order valence-electron chi connectivity index (χ4n) is 7.46. The summed E-state index contributed by atoms with van der Waals surface area (Å²) in [5.74, 6) is -1.51. The highest BCUT2D eigenvalue weighted by Crippen LogP contribution is 2.52. The number of alkyl halides is 6. The lowest BCUT2D eigenvalue weighted by Crippen LogP contribution is -2.47. The van der Waals surface area contributed by atoms with E-state index in [0.717, 1.165) is 23.3 Å². The van der Waals surface area contributed by atoms with Crippen molar-refractivity contribution in [3.63, 3.8) is 0 Å². The number of benzene rings is 4. The number of rotatable bonds is 10. The average Bonchev–Trinajstić information content (AvgIpc) is 3.40. The van der Waals surface area contributed by atoms with Crippen molar-refractivity contribution in [1.82, 2.24) is 15.3 Å². The Morgan fingerprint density at radius 3 is 2.00 bits per heavy atom. The van der Waals surface area contributed by atoms with E-state index in [2.05, 4.69) is 10.2 Å². The molecule has 1 N–H and O–H groups in total. The normalized spacial score (nSPS) is 15.9. The molecule has 0 unspecified atom stereocenters. The topological polar surface area (TPSA) is 75.7 Å². The number of hydrogen-bond donors (Lipinski definition) is 1. The van der Waals surface area contributed by atoms with Crippen molar-refractivity contribution in [2.45, 2.75) is 55.9 Å². The van der Waals surface area contributed by atoms with Gasteiger partial charge < -0.3 is 20.5 Å². The summed E-state index contributed by atoms with van der Waals surface area (Å²) in [4.78, 5) is 29.4. The van der Waals surface area contributed by atoms with E-state index < -0.39 is 40.8 Å². The first kappa shape index (κ1) is 37.4. The number of hydrogen-bond acceptors (Lipinski definition) is 4. The predicted molar refractivity (Wildman–Crippen MR) is 186 cm³/mol. The van der Waals surface area contributed by atoms with Crippen molar-refractivity contribution in [3.05, 3.63) is 123 Å². The van der Waals surface area contributed by atoms with Crippen LogP contribution in [0.2, 0.25) is 5.02 Å². The molecule has 0 bridgehead atoms. The number of halogens is 7. The highest BCUT2D eigenvalue weighted by atomic mass is 35.5. The molecule has 1 saturated heterocycles. The molecule has 1 heterocycles. The predicted octanol–water partition coefficient (Wildman–Crippen LogP) is 9.25. The van der Waals surface area contributed by atoms with Gasteiger partial charge in [-0.2, -0.15) is 26.3 Å². The Morgan fingerprint density at radius 2 is 1.42 bits per heavy atom. The third-order valence-corrected chi connectivity index (χ3v) is 10.2. The minimum atomic E-state index is -4.84. The van der Waals surface area contributed by atoms with Crippen molar-refractivity contribution in [1.29, 1.82) is 0 Å². The second-order valence-electron chi connectivity index (χ2n) is 13.3. The number of nitrogens with zero attached hydrogens (tertiary/aromatic N) is 2. The van der Waals surface area contributed by atoms with Crippen LogP contribution in [0.5, 0.6) is 0 Å². The van der Waals surface area contributed by atoms with E-state index in [0.29, 0.717) is 72.6 Å². The molecule has 1 aliphatic heterocycles. The van der Waals surface area contributed by atoms with Gasteiger partial charge in [-0.15, -0.1) is 0 Å². The number of nitrogens with one attached hydrogen (secondary N) is 1. The van der Waals surface area contributed by atoms with Crippen LogP contribution in [0.3, 0.4) is 0 Å². The third kappa shape index (κ3) is 7.84. The first-order valence-corrected chi connectivity index (χ1v) is 17.3. The lowest BCUT2D eigenvalue weighted by atomic mass is 9.73. The summed E-state index contributed by atoms with van der Waals surface area (Å²) >= 11 is 6.20. The number of carbonyl (C=O) groups excluding carboxylic acids is 2. The molecular formula is C39H35ClF6N3O3-. The van der Waals surface area contributed by atoms with Gasteiger partial charge in [-0.3, -0.25) is 9.59 Å². The van der Waals surface area contributed by atoms with E-state index in [1.807, 2.05) is 12.1 Å². The van der Waals surface area contributed by atoms with Crippen molar-refractivity contribution in [2.24, 2.45) is 0 Å². The van der Waals surface area contributed by atoms with Crippen molar-refractivity contribution in [2.75, 3.05) is 26.2 Å². The van der Waals surface area contributed by atoms with Crippen LogP contribution >= 0.6 is 11.6 Å². The van der Waals surface area contributed by atoms with Crippen LogP contribution in [0.15, 0.2) is 91.0 Å². The maximum atomic E-state index is 13.8. The first-order valence-electron chi connectivity index (χ1n) is 16.9. The zero-order valence-corrected chi connectivity index (χ0v) is 28.6. The Balaban J connectivity index is 1.08. The molecule has 4 aromatic rings. The number of piperidine rings is 1. The number of hydroxylamine groups is 2. The molecule has 0 saturated carbocycles. The van der Waals surface area contributed by atoms with Crippen LogP contribution in [0, 0.1) is 5.21 Å². The van der Waals surface area contributed by atoms with Crippen LogP contribution in [0.25, 0.3) is 22.3 Å². The van der Waals surface area contributed by atoms with Gasteiger partial charge >= 0.3 is 12.4 Å². The van der Waals surface area contributed by atoms with E-state index in [9.17, 15) is 41.1 Å². The van der Waals surface area contributed by atoms with Crippen LogP contribution in [-0.2, 0) is 16.4 Å². The molecule has 2 amide bonds. The molecule has 0 radical (unpaired) electrons. The summed E-state index contributed by atoms with van der Waals surface area (Å²) < 4.78 is 79.1. The highest BCUT2D eigenvalue weighted by molar-refractivity contribution is 6.31. The van der Waals surface area contributed by atoms with E-state index in [1.54, 1.807) is 48.5 Å². The van der Waals surface area contributed by atoms with Gasteiger partial charge in [0, 0.05) is 29.7 Å². The fraction of sp³-hybridized carbons (Fsp3) is 0.333. The molecule has 6 rings (SSSR count). The maximum Gasteiger partial charge on any atom is 0.416 e. The zero-order chi connectivity index (χ0) is 37.3. The SMILES string of the molecule is O=C(NC1CCN(CCCCC2(C(=O)N([O-])CC(F)(F)F)c3ccccc3-c3ccccc32)CC1)c1cc(Cl)ccc1-c1ccc(C(F)(F)F)cc1. The highest BCUT2D eigenvalue weighted by Gasteiger charge is 2.50. The lowest BCUT2D eigenvalue weighted by molar-refractivity contribution is -0.158. The molecule has 0 aromatic heterocycles. The average molecular weight is 743 g/mol. The second-order valence-corrected chi connectivity index (χ2v) is 13.7. The molecule has 274 valence electrons. The molecule has 1 fully saturated rings. The smallest absolute Gasteiger partial charge is 0.416 e. The summed E-state index contributed by atoms with van der Waals surface area (Å²) in [7, 11) is 0. The first-order chi connectivity index (χ1) is 24.7. The Labute approximate surface area is 302 Å². The standard InChI is InChI=1S/C39H35ClF6N3O3/c40-27-15-16-29(25-11-13-26(14-12-25)39(44,45)46)32(23-27)35(50)47-28-17-21-48(22-18-28)20-6-5-19-37(36(51)49(52)24-38(41,42)43)33-9-3-1-7-30(33)31-8-2-4-10-34(31)37/h1-4,7-16,23,28H,5-6,17-22,24H2,(H,47,50)/q-1. The molecule has 2 aliphatic rings. The molecule has 13 heteroatoms. The second kappa shape index (κ2) is 14.9. The van der Waals surface area contributed by atoms with Crippen LogP contribution in [0.4, 0.5) is 26.3 Å². The van der Waals surface area contributed by atoms with Gasteiger partial charge in [0.25, 0.3) is 5.91 Å². The Kier molecular flexibility index (Phi) is 10.7.